The smallest absolute Gasteiger partial charge is 0.217 e. The van der Waals surface area contributed by atoms with Gasteiger partial charge in [-0.25, -0.2) is 8.42 Å². The molecule has 1 aromatic carbocycles. The second-order valence-electron chi connectivity index (χ2n) is 5.36. The monoisotopic (exact) mass is 348 g/mol. The summed E-state index contributed by atoms with van der Waals surface area (Å²) in [5, 5.41) is 0. The number of nitrogens with two attached hydrogens (primary N) is 1. The van der Waals surface area contributed by atoms with Crippen LogP contribution in [0, 0.1) is 0 Å². The molecule has 0 radical (unpaired) electrons. The quantitative estimate of drug-likeness (QED) is 0.351. The Balaban J connectivity index is 0.000000379. The van der Waals surface area contributed by atoms with Crippen molar-refractivity contribution >= 4 is 16.1 Å². The topological polar surface area (TPSA) is 111 Å². The molecule has 0 bridgehead atoms. The fraction of sp³-hybridized carbons (Fsp3) is 0.571. The van der Waals surface area contributed by atoms with Crippen LogP contribution in [0.4, 0.5) is 5.69 Å². The molecule has 0 atom stereocenters. The SMILES string of the molecule is COS(=O)(=O)[O-].C[N+]1(CCOc2ccccc2N)CCOCC1. The third-order valence-corrected chi connectivity index (χ3v) is 3.97. The molecule has 8 nitrogen and oxygen atoms in total. The Morgan fingerprint density at radius 2 is 1.87 bits per heavy atom. The molecule has 0 saturated carbocycles. The molecule has 0 unspecified atom stereocenters. The Hall–Kier alpha value is -1.39. The molecule has 1 aliphatic rings. The molecular formula is C14H24N2O6S. The van der Waals surface area contributed by atoms with Crippen LogP contribution in [-0.2, 0) is 19.3 Å². The van der Waals surface area contributed by atoms with Crippen LogP contribution < -0.4 is 10.5 Å². The fourth-order valence-electron chi connectivity index (χ4n) is 2.00. The van der Waals surface area contributed by atoms with Gasteiger partial charge in [-0.05, 0) is 12.1 Å². The zero-order chi connectivity index (χ0) is 17.3. The van der Waals surface area contributed by atoms with Gasteiger partial charge in [0.25, 0.3) is 0 Å². The third-order valence-electron chi connectivity index (χ3n) is 3.56. The molecule has 0 spiro atoms. The molecule has 1 aliphatic heterocycles. The van der Waals surface area contributed by atoms with E-state index in [4.69, 9.17) is 15.2 Å². The minimum absolute atomic E-state index is 0.699. The lowest BCUT2D eigenvalue weighted by atomic mass is 10.3. The van der Waals surface area contributed by atoms with Gasteiger partial charge in [0.05, 0.1) is 33.1 Å². The lowest BCUT2D eigenvalue weighted by molar-refractivity contribution is -0.916. The van der Waals surface area contributed by atoms with Crippen molar-refractivity contribution in [1.29, 1.82) is 0 Å². The first-order chi connectivity index (χ1) is 10.8. The maximum atomic E-state index is 9.22. The van der Waals surface area contributed by atoms with E-state index in [0.29, 0.717) is 12.3 Å². The fourth-order valence-corrected chi connectivity index (χ4v) is 2.00. The summed E-state index contributed by atoms with van der Waals surface area (Å²) >= 11 is 0. The van der Waals surface area contributed by atoms with Crippen LogP contribution in [0.5, 0.6) is 5.75 Å². The van der Waals surface area contributed by atoms with Crippen LogP contribution in [0.15, 0.2) is 24.3 Å². The normalized spacial score (nSPS) is 17.0. The standard InChI is InChI=1S/C13H21N2O2.CH4O4S/c1-15(6-9-16-10-7-15)8-11-17-13-5-3-2-4-12(13)14;1-5-6(2,3)4/h2-5H,6-11,14H2,1H3;1H3,(H,2,3,4)/q+1;/p-1. The van der Waals surface area contributed by atoms with Gasteiger partial charge in [-0.1, -0.05) is 12.1 Å². The van der Waals surface area contributed by atoms with Crippen molar-refractivity contribution in [2.45, 2.75) is 0 Å². The first kappa shape index (κ1) is 19.7. The highest BCUT2D eigenvalue weighted by atomic mass is 32.3. The second-order valence-corrected chi connectivity index (χ2v) is 6.51. The van der Waals surface area contributed by atoms with Crippen molar-refractivity contribution in [3.63, 3.8) is 0 Å². The summed E-state index contributed by atoms with van der Waals surface area (Å²) in [5.41, 5.74) is 6.53. The molecule has 0 aromatic heterocycles. The van der Waals surface area contributed by atoms with Crippen LogP contribution in [0.3, 0.4) is 0 Å². The molecule has 1 saturated heterocycles. The van der Waals surface area contributed by atoms with Gasteiger partial charge >= 0.3 is 0 Å². The number of ether oxygens (including phenoxy) is 2. The van der Waals surface area contributed by atoms with Crippen molar-refractivity contribution in [2.24, 2.45) is 0 Å². The van der Waals surface area contributed by atoms with Crippen LogP contribution in [0.1, 0.15) is 0 Å². The van der Waals surface area contributed by atoms with Crippen LogP contribution >= 0.6 is 0 Å². The highest BCUT2D eigenvalue weighted by Gasteiger charge is 2.24. The van der Waals surface area contributed by atoms with Gasteiger partial charge in [0, 0.05) is 0 Å². The summed E-state index contributed by atoms with van der Waals surface area (Å²) in [7, 11) is -1.35. The van der Waals surface area contributed by atoms with Gasteiger partial charge in [0.2, 0.25) is 10.4 Å². The highest BCUT2D eigenvalue weighted by Crippen LogP contribution is 2.19. The van der Waals surface area contributed by atoms with E-state index in [-0.39, 0.29) is 0 Å². The van der Waals surface area contributed by atoms with Crippen molar-refractivity contribution < 1.29 is 31.1 Å². The summed E-state index contributed by atoms with van der Waals surface area (Å²) in [6.45, 7) is 5.53. The van der Waals surface area contributed by atoms with E-state index in [1.165, 1.54) is 0 Å². The van der Waals surface area contributed by atoms with Crippen LogP contribution in [0.25, 0.3) is 0 Å². The zero-order valence-electron chi connectivity index (χ0n) is 13.4. The number of para-hydroxylation sites is 2. The predicted octanol–water partition coefficient (Wildman–Crippen LogP) is 0.217. The van der Waals surface area contributed by atoms with Gasteiger partial charge in [-0.15, -0.1) is 0 Å². The number of likely N-dealkylation sites (N-methyl/N-ethyl adjacent to an activating group) is 1. The molecule has 0 aliphatic carbocycles. The summed E-state index contributed by atoms with van der Waals surface area (Å²) in [6, 6.07) is 7.63. The number of hydrogen-bond acceptors (Lipinski definition) is 7. The molecule has 0 amide bonds. The lowest BCUT2D eigenvalue weighted by Gasteiger charge is -2.37. The number of rotatable bonds is 5. The average molecular weight is 348 g/mol. The van der Waals surface area contributed by atoms with Crippen molar-refractivity contribution in [1.82, 2.24) is 0 Å². The third kappa shape index (κ3) is 8.14. The number of nitrogens with zero attached hydrogens (tertiary/aromatic N) is 1. The largest absolute Gasteiger partial charge is 0.726 e. The molecule has 132 valence electrons. The molecular weight excluding hydrogens is 324 g/mol. The molecule has 23 heavy (non-hydrogen) atoms. The Morgan fingerprint density at radius 3 is 2.39 bits per heavy atom. The van der Waals surface area contributed by atoms with Gasteiger partial charge in [0.15, 0.2) is 0 Å². The number of nitrogen functional groups attached to an aromatic ring is 1. The van der Waals surface area contributed by atoms with E-state index in [1.54, 1.807) is 0 Å². The lowest BCUT2D eigenvalue weighted by Crippen LogP contribution is -2.53. The van der Waals surface area contributed by atoms with E-state index in [9.17, 15) is 13.0 Å². The van der Waals surface area contributed by atoms with E-state index < -0.39 is 10.4 Å². The van der Waals surface area contributed by atoms with Gasteiger partial charge in [-0.2, -0.15) is 0 Å². The van der Waals surface area contributed by atoms with Crippen molar-refractivity contribution in [3.05, 3.63) is 24.3 Å². The molecule has 2 N–H and O–H groups in total. The minimum Gasteiger partial charge on any atom is -0.726 e. The first-order valence-corrected chi connectivity index (χ1v) is 8.49. The first-order valence-electron chi connectivity index (χ1n) is 7.16. The van der Waals surface area contributed by atoms with Gasteiger partial charge in [0.1, 0.15) is 32.0 Å². The number of benzene rings is 1. The Labute approximate surface area is 137 Å². The molecule has 1 aromatic rings. The van der Waals surface area contributed by atoms with Gasteiger partial charge < -0.3 is 24.2 Å². The van der Waals surface area contributed by atoms with Gasteiger partial charge in [-0.3, -0.25) is 4.18 Å². The van der Waals surface area contributed by atoms with Crippen molar-refractivity contribution in [3.8, 4) is 5.75 Å². The maximum absolute atomic E-state index is 9.22. The Bertz CT molecular complexity index is 572. The number of quaternary nitrogens is 1. The van der Waals surface area contributed by atoms with E-state index in [0.717, 1.165) is 50.2 Å². The van der Waals surface area contributed by atoms with Crippen molar-refractivity contribution in [2.75, 3.05) is 59.3 Å². The Kier molecular flexibility index (Phi) is 7.73. The molecule has 1 heterocycles. The second kappa shape index (κ2) is 9.04. The summed E-state index contributed by atoms with van der Waals surface area (Å²) in [4.78, 5) is 0. The van der Waals surface area contributed by atoms with Crippen LogP contribution in [0.2, 0.25) is 0 Å². The summed E-state index contributed by atoms with van der Waals surface area (Å²) in [5.74, 6) is 0.785. The molecule has 1 fully saturated rings. The summed E-state index contributed by atoms with van der Waals surface area (Å²) in [6.07, 6.45) is 0. The Morgan fingerprint density at radius 1 is 1.30 bits per heavy atom. The zero-order valence-corrected chi connectivity index (χ0v) is 14.3. The number of anilines is 1. The summed E-state index contributed by atoms with van der Waals surface area (Å²) < 4.78 is 43.1. The maximum Gasteiger partial charge on any atom is 0.217 e. The minimum atomic E-state index is -4.41. The van der Waals surface area contributed by atoms with E-state index in [1.807, 2.05) is 24.3 Å². The highest BCUT2D eigenvalue weighted by molar-refractivity contribution is 7.80. The average Bonchev–Trinajstić information content (AvgIpc) is 2.50. The van der Waals surface area contributed by atoms with Crippen LogP contribution in [-0.4, -0.2) is 71.1 Å². The van der Waals surface area contributed by atoms with E-state index in [2.05, 4.69) is 11.2 Å². The van der Waals surface area contributed by atoms with E-state index >= 15 is 0 Å². The molecule has 2 rings (SSSR count). The number of hydrogen-bond donors (Lipinski definition) is 1. The predicted molar refractivity (Wildman–Crippen MR) is 84.7 cm³/mol. The number of morpholine rings is 1. The molecule has 9 heteroatoms.